The van der Waals surface area contributed by atoms with Gasteiger partial charge in [-0.1, -0.05) is 35.4 Å². The fraction of sp³-hybridized carbons (Fsp3) is 0.467. The number of azide groups is 1. The molecule has 0 saturated heterocycles. The van der Waals surface area contributed by atoms with Crippen LogP contribution in [0.15, 0.2) is 35.4 Å². The van der Waals surface area contributed by atoms with Crippen molar-refractivity contribution in [1.82, 2.24) is 0 Å². The van der Waals surface area contributed by atoms with Crippen LogP contribution in [0.25, 0.3) is 10.4 Å². The van der Waals surface area contributed by atoms with E-state index in [4.69, 9.17) is 25.3 Å². The van der Waals surface area contributed by atoms with Crippen LogP contribution in [0.3, 0.4) is 0 Å². The Morgan fingerprint density at radius 1 is 1.33 bits per heavy atom. The zero-order chi connectivity index (χ0) is 20.9. The summed E-state index contributed by atoms with van der Waals surface area (Å²) in [4.78, 5) is 22.2. The molecule has 0 radical (unpaired) electrons. The number of hydrogen-bond donors (Lipinski definition) is 2. The van der Waals surface area contributed by atoms with Gasteiger partial charge in [-0.05, 0) is 17.5 Å². The summed E-state index contributed by atoms with van der Waals surface area (Å²) in [5, 5.41) is 20.9. The first-order valence-electron chi connectivity index (χ1n) is 7.59. The molecule has 4 N–H and O–H groups in total. The van der Waals surface area contributed by atoms with Crippen LogP contribution in [0.2, 0.25) is 0 Å². The fourth-order valence-corrected chi connectivity index (χ4v) is 1.77. The number of aliphatic carboxylic acids is 2. The Labute approximate surface area is 152 Å². The first-order valence-corrected chi connectivity index (χ1v) is 7.59. The number of alkyl halides is 3. The molecule has 1 aromatic rings. The highest BCUT2D eigenvalue weighted by molar-refractivity contribution is 5.74. The quantitative estimate of drug-likeness (QED) is 0.272. The average molecular weight is 392 g/mol. The summed E-state index contributed by atoms with van der Waals surface area (Å²) in [7, 11) is 0. The molecule has 0 unspecified atom stereocenters. The number of carbonyl (C=O) groups excluding carboxylic acids is 1. The third kappa shape index (κ3) is 11.4. The topological polar surface area (TPSA) is 163 Å². The highest BCUT2D eigenvalue weighted by atomic mass is 19.4. The summed E-state index contributed by atoms with van der Waals surface area (Å²) in [6, 6.07) is 8.22. The lowest BCUT2D eigenvalue weighted by molar-refractivity contribution is -0.423. The second kappa shape index (κ2) is 12.5. The number of carboxylic acid groups (broad SMARTS) is 2. The van der Waals surface area contributed by atoms with E-state index < -0.39 is 30.2 Å². The number of carboxylic acids is 2. The molecule has 0 bridgehead atoms. The summed E-state index contributed by atoms with van der Waals surface area (Å²) in [6.07, 6.45) is -3.99. The van der Waals surface area contributed by atoms with Crippen molar-refractivity contribution < 1.29 is 43.4 Å². The summed E-state index contributed by atoms with van der Waals surface area (Å²) in [6.45, 7) is 1.05. The minimum Gasteiger partial charge on any atom is -0.542 e. The van der Waals surface area contributed by atoms with Crippen molar-refractivity contribution in [1.29, 1.82) is 0 Å². The van der Waals surface area contributed by atoms with Crippen molar-refractivity contribution in [2.45, 2.75) is 37.7 Å². The van der Waals surface area contributed by atoms with Crippen LogP contribution in [-0.2, 0) is 20.9 Å². The maximum absolute atomic E-state index is 10.9. The molecule has 150 valence electrons. The molecule has 0 fully saturated rings. The molecule has 2 atom stereocenters. The fourth-order valence-electron chi connectivity index (χ4n) is 1.77. The van der Waals surface area contributed by atoms with E-state index in [1.54, 1.807) is 0 Å². The number of benzene rings is 1. The van der Waals surface area contributed by atoms with E-state index in [-0.39, 0.29) is 0 Å². The molecule has 0 heterocycles. The van der Waals surface area contributed by atoms with E-state index in [1.807, 2.05) is 30.3 Å². The highest BCUT2D eigenvalue weighted by Gasteiger charge is 2.29. The lowest BCUT2D eigenvalue weighted by Gasteiger charge is -2.12. The molecule has 9 nitrogen and oxygen atoms in total. The van der Waals surface area contributed by atoms with Crippen LogP contribution in [0.1, 0.15) is 18.4 Å². The lowest BCUT2D eigenvalue weighted by atomic mass is 10.1. The molecule has 0 spiro atoms. The third-order valence-corrected chi connectivity index (χ3v) is 3.08. The second-order valence-electron chi connectivity index (χ2n) is 5.21. The van der Waals surface area contributed by atoms with Gasteiger partial charge >= 0.3 is 12.1 Å². The molecular weight excluding hydrogens is 373 g/mol. The number of carbonyl (C=O) groups is 2. The molecule has 0 aliphatic carbocycles. The van der Waals surface area contributed by atoms with Crippen LogP contribution >= 0.6 is 0 Å². The smallest absolute Gasteiger partial charge is 0.430 e. The van der Waals surface area contributed by atoms with E-state index in [2.05, 4.69) is 15.8 Å². The predicted octanol–water partition coefficient (Wildman–Crippen LogP) is 0.656. The van der Waals surface area contributed by atoms with E-state index in [1.165, 1.54) is 0 Å². The van der Waals surface area contributed by atoms with Gasteiger partial charge in [-0.15, -0.1) is 0 Å². The number of nitrogens with zero attached hydrogens (tertiary/aromatic N) is 3. The highest BCUT2D eigenvalue weighted by Crippen LogP contribution is 2.11. The summed E-state index contributed by atoms with van der Waals surface area (Å²) >= 11 is 0. The van der Waals surface area contributed by atoms with Gasteiger partial charge < -0.3 is 25.5 Å². The van der Waals surface area contributed by atoms with Crippen molar-refractivity contribution in [2.75, 3.05) is 6.61 Å². The van der Waals surface area contributed by atoms with Crippen LogP contribution < -0.4 is 10.8 Å². The third-order valence-electron chi connectivity index (χ3n) is 3.08. The van der Waals surface area contributed by atoms with Crippen LogP contribution in [0.5, 0.6) is 0 Å². The average Bonchev–Trinajstić information content (AvgIpc) is 2.59. The first-order chi connectivity index (χ1) is 12.6. The molecule has 0 saturated carbocycles. The molecule has 0 aliphatic heterocycles. The Morgan fingerprint density at radius 2 is 1.89 bits per heavy atom. The molecule has 0 aliphatic rings. The van der Waals surface area contributed by atoms with Gasteiger partial charge in [0.05, 0.1) is 6.61 Å². The van der Waals surface area contributed by atoms with Crippen molar-refractivity contribution in [3.63, 3.8) is 0 Å². The Bertz CT molecular complexity index is 634. The van der Waals surface area contributed by atoms with E-state index in [0.29, 0.717) is 26.1 Å². The zero-order valence-corrected chi connectivity index (χ0v) is 14.1. The van der Waals surface area contributed by atoms with Gasteiger partial charge in [0, 0.05) is 17.9 Å². The molecular formula is C15H19F3N4O5. The van der Waals surface area contributed by atoms with E-state index in [9.17, 15) is 18.0 Å². The van der Waals surface area contributed by atoms with Crippen molar-refractivity contribution in [3.8, 4) is 0 Å². The number of hydrogen-bond acceptors (Lipinski definition) is 5. The number of quaternary nitrogens is 1. The van der Waals surface area contributed by atoms with Gasteiger partial charge in [-0.2, -0.15) is 13.2 Å². The van der Waals surface area contributed by atoms with Crippen molar-refractivity contribution >= 4 is 11.9 Å². The molecule has 1 rings (SSSR count). The molecule has 0 aromatic heterocycles. The summed E-state index contributed by atoms with van der Waals surface area (Å²) in [5.74, 6) is -4.15. The molecule has 1 aromatic carbocycles. The monoisotopic (exact) mass is 392 g/mol. The van der Waals surface area contributed by atoms with Crippen molar-refractivity contribution in [2.24, 2.45) is 5.11 Å². The Morgan fingerprint density at radius 3 is 2.33 bits per heavy atom. The van der Waals surface area contributed by atoms with Crippen LogP contribution in [0, 0.1) is 0 Å². The molecule has 27 heavy (non-hydrogen) atoms. The lowest BCUT2D eigenvalue weighted by Crippen LogP contribution is -2.67. The van der Waals surface area contributed by atoms with E-state index >= 15 is 0 Å². The van der Waals surface area contributed by atoms with Crippen LogP contribution in [-0.4, -0.2) is 41.9 Å². The molecule has 12 heteroatoms. The summed E-state index contributed by atoms with van der Waals surface area (Å²) in [5.41, 5.74) is 13.1. The maximum atomic E-state index is 10.9. The Kier molecular flexibility index (Phi) is 11.2. The van der Waals surface area contributed by atoms with Crippen molar-refractivity contribution in [3.05, 3.63) is 46.3 Å². The summed E-state index contributed by atoms with van der Waals surface area (Å²) < 4.78 is 37.0. The minimum absolute atomic E-state index is 0.455. The molecule has 0 amide bonds. The van der Waals surface area contributed by atoms with Gasteiger partial charge in [0.1, 0.15) is 12.0 Å². The first kappa shape index (κ1) is 24.2. The van der Waals surface area contributed by atoms with Gasteiger partial charge in [-0.3, -0.25) is 4.79 Å². The standard InChI is InChI=1S/C13H18N4O3.C2HF3O2/c14-11(12(13(18)19)16-17-15)7-4-8-20-9-10-5-2-1-3-6-10;3-2(4,5)1(6)7/h1-3,5-6,11-12H,4,7-9,14H2,(H,18,19);(H,6,7)/t11-,12+;/m1./s1. The van der Waals surface area contributed by atoms with Gasteiger partial charge in [0.15, 0.2) is 6.04 Å². The number of ether oxygens (including phenoxy) is 1. The van der Waals surface area contributed by atoms with Gasteiger partial charge in [0.25, 0.3) is 0 Å². The van der Waals surface area contributed by atoms with Gasteiger partial charge in [0.2, 0.25) is 0 Å². The Hall–Kier alpha value is -2.82. The second-order valence-corrected chi connectivity index (χ2v) is 5.21. The van der Waals surface area contributed by atoms with Crippen LogP contribution in [0.4, 0.5) is 13.2 Å². The SMILES string of the molecule is O=C([O-])C(F)(F)F.[N-]=[N+]=N[C@H](C(=O)O)[C@H]([NH3+])CCCOCc1ccccc1. The number of halogens is 3. The zero-order valence-electron chi connectivity index (χ0n) is 14.1. The van der Waals surface area contributed by atoms with Gasteiger partial charge in [-0.25, -0.2) is 0 Å². The Balaban J connectivity index is 0.000000821. The minimum atomic E-state index is -5.19. The predicted molar refractivity (Wildman–Crippen MR) is 83.6 cm³/mol. The van der Waals surface area contributed by atoms with E-state index in [0.717, 1.165) is 5.56 Å². The maximum Gasteiger partial charge on any atom is 0.430 e. The normalized spacial score (nSPS) is 12.7. The largest absolute Gasteiger partial charge is 0.542 e. The number of rotatable bonds is 9.